The fourth-order valence-corrected chi connectivity index (χ4v) is 3.92. The van der Waals surface area contributed by atoms with Gasteiger partial charge >= 0.3 is 6.09 Å². The van der Waals surface area contributed by atoms with Crippen molar-refractivity contribution >= 4 is 12.0 Å². The average molecular weight is 389 g/mol. The summed E-state index contributed by atoms with van der Waals surface area (Å²) in [7, 11) is 3.23. The van der Waals surface area contributed by atoms with Gasteiger partial charge in [0.05, 0.1) is 13.0 Å². The summed E-state index contributed by atoms with van der Waals surface area (Å²) in [6.45, 7) is 6.86. The molecule has 1 saturated carbocycles. The lowest BCUT2D eigenvalue weighted by Gasteiger charge is -2.42. The van der Waals surface area contributed by atoms with Gasteiger partial charge in [0.2, 0.25) is 5.91 Å². The maximum Gasteiger partial charge on any atom is 0.406 e. The Morgan fingerprint density at radius 2 is 1.86 bits per heavy atom. The van der Waals surface area contributed by atoms with Crippen LogP contribution in [0.3, 0.4) is 0 Å². The number of alkyl carbamates (subject to hydrolysis) is 1. The number of ether oxygens (including phenoxy) is 1. The van der Waals surface area contributed by atoms with E-state index in [1.165, 1.54) is 18.2 Å². The van der Waals surface area contributed by atoms with E-state index in [1.807, 2.05) is 11.9 Å². The Labute approximate surface area is 169 Å². The summed E-state index contributed by atoms with van der Waals surface area (Å²) in [4.78, 5) is 26.1. The van der Waals surface area contributed by atoms with Gasteiger partial charge in [0.1, 0.15) is 0 Å². The van der Waals surface area contributed by atoms with Gasteiger partial charge in [-0.3, -0.25) is 4.79 Å². The highest BCUT2D eigenvalue weighted by Crippen LogP contribution is 2.40. The SMILES string of the molecule is CCC[C@H](CNC(=O)OC)C(=O)N(C)[C@H]1C[C@@H](c2ccc(C(C)CC)cc2)C1. The van der Waals surface area contributed by atoms with Crippen LogP contribution in [0.4, 0.5) is 4.79 Å². The molecule has 0 radical (unpaired) electrons. The largest absolute Gasteiger partial charge is 0.453 e. The second-order valence-corrected chi connectivity index (χ2v) is 8.11. The van der Waals surface area contributed by atoms with Gasteiger partial charge in [-0.15, -0.1) is 0 Å². The summed E-state index contributed by atoms with van der Waals surface area (Å²) in [5.41, 5.74) is 2.77. The van der Waals surface area contributed by atoms with Crippen LogP contribution >= 0.6 is 0 Å². The van der Waals surface area contributed by atoms with Crippen molar-refractivity contribution in [2.75, 3.05) is 20.7 Å². The summed E-state index contributed by atoms with van der Waals surface area (Å²) < 4.78 is 4.62. The van der Waals surface area contributed by atoms with Crippen LogP contribution in [-0.2, 0) is 9.53 Å². The van der Waals surface area contributed by atoms with E-state index in [0.29, 0.717) is 18.4 Å². The Morgan fingerprint density at radius 1 is 1.21 bits per heavy atom. The van der Waals surface area contributed by atoms with E-state index in [4.69, 9.17) is 0 Å². The van der Waals surface area contributed by atoms with Crippen molar-refractivity contribution in [3.63, 3.8) is 0 Å². The van der Waals surface area contributed by atoms with Crippen molar-refractivity contribution < 1.29 is 14.3 Å². The number of hydrogen-bond donors (Lipinski definition) is 1. The molecule has 28 heavy (non-hydrogen) atoms. The molecule has 0 heterocycles. The minimum absolute atomic E-state index is 0.119. The lowest BCUT2D eigenvalue weighted by molar-refractivity contribution is -0.138. The third-order valence-corrected chi connectivity index (χ3v) is 6.26. The highest BCUT2D eigenvalue weighted by Gasteiger charge is 2.36. The molecule has 156 valence electrons. The number of nitrogens with one attached hydrogen (secondary N) is 1. The molecule has 0 spiro atoms. The predicted molar refractivity (Wildman–Crippen MR) is 112 cm³/mol. The molecule has 0 bridgehead atoms. The Balaban J connectivity index is 1.88. The molecule has 1 unspecified atom stereocenters. The number of nitrogens with zero attached hydrogens (tertiary/aromatic N) is 1. The van der Waals surface area contributed by atoms with Crippen LogP contribution < -0.4 is 5.32 Å². The second-order valence-electron chi connectivity index (χ2n) is 8.11. The first-order valence-corrected chi connectivity index (χ1v) is 10.6. The molecule has 1 N–H and O–H groups in total. The smallest absolute Gasteiger partial charge is 0.406 e. The lowest BCUT2D eigenvalue weighted by Crippen LogP contribution is -2.48. The van der Waals surface area contributed by atoms with Crippen molar-refractivity contribution in [1.82, 2.24) is 10.2 Å². The van der Waals surface area contributed by atoms with Gasteiger partial charge in [0.25, 0.3) is 0 Å². The average Bonchev–Trinajstić information content (AvgIpc) is 2.68. The number of hydrogen-bond acceptors (Lipinski definition) is 3. The van der Waals surface area contributed by atoms with Gasteiger partial charge in [0, 0.05) is 19.6 Å². The van der Waals surface area contributed by atoms with Crippen LogP contribution in [-0.4, -0.2) is 43.6 Å². The molecular formula is C23H36N2O3. The Morgan fingerprint density at radius 3 is 2.39 bits per heavy atom. The zero-order valence-electron chi connectivity index (χ0n) is 18.0. The first kappa shape index (κ1) is 22.3. The first-order chi connectivity index (χ1) is 13.4. The number of rotatable bonds is 9. The monoisotopic (exact) mass is 388 g/mol. The lowest BCUT2D eigenvalue weighted by atomic mass is 9.74. The molecule has 1 aromatic carbocycles. The fourth-order valence-electron chi connectivity index (χ4n) is 3.92. The molecule has 0 saturated heterocycles. The second kappa shape index (κ2) is 10.5. The molecule has 5 heteroatoms. The van der Waals surface area contributed by atoms with Crippen LogP contribution in [0.15, 0.2) is 24.3 Å². The molecule has 0 aromatic heterocycles. The highest BCUT2D eigenvalue weighted by atomic mass is 16.5. The molecule has 0 aliphatic heterocycles. The predicted octanol–water partition coefficient (Wildman–Crippen LogP) is 4.68. The van der Waals surface area contributed by atoms with Crippen LogP contribution in [0.2, 0.25) is 0 Å². The van der Waals surface area contributed by atoms with E-state index in [1.54, 1.807) is 0 Å². The summed E-state index contributed by atoms with van der Waals surface area (Å²) in [5.74, 6) is 1.06. The van der Waals surface area contributed by atoms with E-state index in [-0.39, 0.29) is 17.9 Å². The van der Waals surface area contributed by atoms with Crippen molar-refractivity contribution in [1.29, 1.82) is 0 Å². The van der Waals surface area contributed by atoms with Crippen LogP contribution in [0.5, 0.6) is 0 Å². The molecule has 2 rings (SSSR count). The molecule has 1 aliphatic carbocycles. The van der Waals surface area contributed by atoms with Gasteiger partial charge in [-0.1, -0.05) is 51.5 Å². The maximum atomic E-state index is 12.9. The first-order valence-electron chi connectivity index (χ1n) is 10.6. The van der Waals surface area contributed by atoms with Crippen molar-refractivity contribution in [2.45, 2.75) is 70.8 Å². The standard InChI is InChI=1S/C23H36N2O3/c1-6-8-19(15-24-23(27)28-5)22(26)25(4)21-13-20(14-21)18-11-9-17(10-12-18)16(3)7-2/h9-12,16,19-21H,6-8,13-15H2,1-5H3,(H,24,27)/t16?,19-,20-,21+/m1/s1. The minimum Gasteiger partial charge on any atom is -0.453 e. The van der Waals surface area contributed by atoms with Crippen molar-refractivity contribution in [2.24, 2.45) is 5.92 Å². The van der Waals surface area contributed by atoms with Crippen LogP contribution in [0.1, 0.15) is 75.8 Å². The van der Waals surface area contributed by atoms with E-state index in [0.717, 1.165) is 32.1 Å². The van der Waals surface area contributed by atoms with Crippen LogP contribution in [0, 0.1) is 5.92 Å². The van der Waals surface area contributed by atoms with E-state index >= 15 is 0 Å². The van der Waals surface area contributed by atoms with Gasteiger partial charge in [-0.25, -0.2) is 4.79 Å². The van der Waals surface area contributed by atoms with E-state index < -0.39 is 6.09 Å². The summed E-state index contributed by atoms with van der Waals surface area (Å²) >= 11 is 0. The summed E-state index contributed by atoms with van der Waals surface area (Å²) in [5, 5.41) is 2.67. The van der Waals surface area contributed by atoms with Gasteiger partial charge in [0.15, 0.2) is 0 Å². The molecule has 2 atom stereocenters. The number of amides is 2. The van der Waals surface area contributed by atoms with Gasteiger partial charge < -0.3 is 15.0 Å². The highest BCUT2D eigenvalue weighted by molar-refractivity contribution is 5.80. The Kier molecular flexibility index (Phi) is 8.34. The molecule has 1 aromatic rings. The number of methoxy groups -OCH3 is 1. The Bertz CT molecular complexity index is 638. The molecule has 5 nitrogen and oxygen atoms in total. The zero-order valence-corrected chi connectivity index (χ0v) is 18.0. The molecule has 1 aliphatic rings. The van der Waals surface area contributed by atoms with Crippen LogP contribution in [0.25, 0.3) is 0 Å². The molecule has 1 fully saturated rings. The normalized spacial score (nSPS) is 20.6. The topological polar surface area (TPSA) is 58.6 Å². The van der Waals surface area contributed by atoms with Gasteiger partial charge in [-0.2, -0.15) is 0 Å². The molecule has 2 amide bonds. The third kappa shape index (κ3) is 5.49. The number of carbonyl (C=O) groups is 2. The Hall–Kier alpha value is -2.04. The van der Waals surface area contributed by atoms with Crippen molar-refractivity contribution in [3.05, 3.63) is 35.4 Å². The van der Waals surface area contributed by atoms with Gasteiger partial charge in [-0.05, 0) is 48.6 Å². The van der Waals surface area contributed by atoms with E-state index in [2.05, 4.69) is 55.1 Å². The number of carbonyl (C=O) groups excluding carboxylic acids is 2. The summed E-state index contributed by atoms with van der Waals surface area (Å²) in [6, 6.07) is 9.29. The number of benzene rings is 1. The minimum atomic E-state index is -0.485. The maximum absolute atomic E-state index is 12.9. The fraction of sp³-hybridized carbons (Fsp3) is 0.652. The quantitative estimate of drug-likeness (QED) is 0.668. The summed E-state index contributed by atoms with van der Waals surface area (Å²) in [6.07, 6.45) is 4.36. The third-order valence-electron chi connectivity index (χ3n) is 6.26. The molecular weight excluding hydrogens is 352 g/mol. The van der Waals surface area contributed by atoms with E-state index in [9.17, 15) is 9.59 Å². The zero-order chi connectivity index (χ0) is 20.7. The van der Waals surface area contributed by atoms with Crippen molar-refractivity contribution in [3.8, 4) is 0 Å².